The quantitative estimate of drug-likeness (QED) is 0.283. The summed E-state index contributed by atoms with van der Waals surface area (Å²) in [6.07, 6.45) is 4.04. The van der Waals surface area contributed by atoms with E-state index in [1.54, 1.807) is 0 Å². The van der Waals surface area contributed by atoms with Gasteiger partial charge in [-0.1, -0.05) is 6.08 Å². The van der Waals surface area contributed by atoms with Crippen LogP contribution in [0.1, 0.15) is 0 Å². The Hall–Kier alpha value is -1.60. The highest BCUT2D eigenvalue weighted by Crippen LogP contribution is 2.30. The topological polar surface area (TPSA) is 91.0 Å². The van der Waals surface area contributed by atoms with Gasteiger partial charge in [-0.2, -0.15) is 10.6 Å². The van der Waals surface area contributed by atoms with Gasteiger partial charge in [0.25, 0.3) is 0 Å². The SMILES string of the molecule is O=[N+]([O-])C1(Cl)C=CC=C2C1=NNN2O. The monoisotopic (exact) mass is 216 g/mol. The first-order valence-corrected chi connectivity index (χ1v) is 3.99. The Morgan fingerprint density at radius 3 is 3.14 bits per heavy atom. The molecule has 1 heterocycles. The molecule has 0 aromatic heterocycles. The van der Waals surface area contributed by atoms with Gasteiger partial charge >= 0.3 is 5.00 Å². The van der Waals surface area contributed by atoms with Crippen molar-refractivity contribution in [1.29, 1.82) is 0 Å². The summed E-state index contributed by atoms with van der Waals surface area (Å²) in [6, 6.07) is 0. The van der Waals surface area contributed by atoms with Gasteiger partial charge in [-0.05, 0) is 17.7 Å². The van der Waals surface area contributed by atoms with E-state index in [-0.39, 0.29) is 11.4 Å². The van der Waals surface area contributed by atoms with Crippen molar-refractivity contribution in [3.63, 3.8) is 0 Å². The Kier molecular flexibility index (Phi) is 1.73. The molecule has 1 aliphatic heterocycles. The lowest BCUT2D eigenvalue weighted by Crippen LogP contribution is -2.41. The van der Waals surface area contributed by atoms with Gasteiger partial charge in [0.05, 0.1) is 4.92 Å². The first-order chi connectivity index (χ1) is 6.55. The van der Waals surface area contributed by atoms with Crippen molar-refractivity contribution in [3.8, 4) is 0 Å². The maximum Gasteiger partial charge on any atom is 0.359 e. The molecule has 0 radical (unpaired) electrons. The van der Waals surface area contributed by atoms with Gasteiger partial charge in [-0.15, -0.1) is 5.17 Å². The Morgan fingerprint density at radius 1 is 1.79 bits per heavy atom. The van der Waals surface area contributed by atoms with E-state index in [4.69, 9.17) is 16.8 Å². The van der Waals surface area contributed by atoms with Crippen LogP contribution >= 0.6 is 11.6 Å². The van der Waals surface area contributed by atoms with E-state index in [9.17, 15) is 10.1 Å². The number of halogens is 1. The zero-order valence-corrected chi connectivity index (χ0v) is 7.47. The number of rotatable bonds is 1. The molecule has 0 fully saturated rings. The molecule has 1 aliphatic carbocycles. The number of nitro groups is 1. The lowest BCUT2D eigenvalue weighted by Gasteiger charge is -2.18. The number of hydrazine groups is 1. The standard InChI is InChI=1S/C6H5ClN4O3/c7-6(11(13)14)3-1-2-4-5(6)8-9-10(4)12/h1-3,9,12H. The van der Waals surface area contributed by atoms with E-state index in [2.05, 4.69) is 10.6 Å². The highest BCUT2D eigenvalue weighted by atomic mass is 35.5. The van der Waals surface area contributed by atoms with Crippen LogP contribution < -0.4 is 5.53 Å². The molecule has 2 N–H and O–H groups in total. The average Bonchev–Trinajstić information content (AvgIpc) is 2.50. The van der Waals surface area contributed by atoms with Crippen LogP contribution in [0.2, 0.25) is 0 Å². The number of alkyl halides is 1. The second-order valence-electron chi connectivity index (χ2n) is 2.71. The van der Waals surface area contributed by atoms with Crippen LogP contribution in [0.4, 0.5) is 0 Å². The second-order valence-corrected chi connectivity index (χ2v) is 3.29. The maximum atomic E-state index is 10.7. The molecule has 2 aliphatic rings. The number of hydrogen-bond acceptors (Lipinski definition) is 6. The molecular formula is C6H5ClN4O3. The third-order valence-corrected chi connectivity index (χ3v) is 2.34. The van der Waals surface area contributed by atoms with E-state index < -0.39 is 9.92 Å². The summed E-state index contributed by atoms with van der Waals surface area (Å²) >= 11 is 5.74. The van der Waals surface area contributed by atoms with Gasteiger partial charge in [-0.25, -0.2) is 0 Å². The van der Waals surface area contributed by atoms with Gasteiger partial charge in [0.15, 0.2) is 5.71 Å². The maximum absolute atomic E-state index is 10.7. The van der Waals surface area contributed by atoms with Crippen LogP contribution in [0.3, 0.4) is 0 Å². The second kappa shape index (κ2) is 2.69. The molecule has 1 unspecified atom stereocenters. The largest absolute Gasteiger partial charge is 0.359 e. The summed E-state index contributed by atoms with van der Waals surface area (Å²) in [5, 5.41) is 24.0. The van der Waals surface area contributed by atoms with Crippen LogP contribution in [0.5, 0.6) is 0 Å². The van der Waals surface area contributed by atoms with Crippen molar-refractivity contribution in [1.82, 2.24) is 10.7 Å². The van der Waals surface area contributed by atoms with E-state index >= 15 is 0 Å². The average molecular weight is 217 g/mol. The molecule has 1 atom stereocenters. The fourth-order valence-electron chi connectivity index (χ4n) is 1.21. The van der Waals surface area contributed by atoms with Crippen molar-refractivity contribution in [3.05, 3.63) is 34.0 Å². The molecule has 74 valence electrons. The molecule has 2 rings (SSSR count). The molecule has 8 heteroatoms. The fourth-order valence-corrected chi connectivity index (χ4v) is 1.42. The molecule has 0 aromatic carbocycles. The van der Waals surface area contributed by atoms with Crippen molar-refractivity contribution in [2.75, 3.05) is 0 Å². The number of hydrogen-bond donors (Lipinski definition) is 2. The smallest absolute Gasteiger partial charge is 0.268 e. The van der Waals surface area contributed by atoms with Crippen molar-refractivity contribution < 1.29 is 10.1 Å². The Labute approximate surface area is 83.0 Å². The normalized spacial score (nSPS) is 29.1. The van der Waals surface area contributed by atoms with Crippen LogP contribution in [-0.2, 0) is 0 Å². The minimum Gasteiger partial charge on any atom is -0.268 e. The minimum atomic E-state index is -1.91. The van der Waals surface area contributed by atoms with Crippen LogP contribution in [0, 0.1) is 10.1 Å². The number of nitrogens with one attached hydrogen (secondary N) is 1. The minimum absolute atomic E-state index is 0.0332. The Morgan fingerprint density at radius 2 is 2.50 bits per heavy atom. The summed E-state index contributed by atoms with van der Waals surface area (Å²) in [6.45, 7) is 0. The van der Waals surface area contributed by atoms with Crippen molar-refractivity contribution in [2.24, 2.45) is 5.10 Å². The molecule has 0 amide bonds. The van der Waals surface area contributed by atoms with Gasteiger partial charge < -0.3 is 0 Å². The first kappa shape index (κ1) is 8.97. The highest BCUT2D eigenvalue weighted by molar-refractivity contribution is 6.39. The Bertz CT molecular complexity index is 391. The summed E-state index contributed by atoms with van der Waals surface area (Å²) in [5.74, 6) is 0. The molecule has 0 spiro atoms. The molecule has 7 nitrogen and oxygen atoms in total. The van der Waals surface area contributed by atoms with E-state index in [1.807, 2.05) is 0 Å². The third-order valence-electron chi connectivity index (χ3n) is 1.90. The Balaban J connectivity index is 2.48. The predicted octanol–water partition coefficient (Wildman–Crippen LogP) is 0.217. The molecule has 0 saturated carbocycles. The van der Waals surface area contributed by atoms with Crippen molar-refractivity contribution in [2.45, 2.75) is 5.00 Å². The number of nitrogens with zero attached hydrogens (tertiary/aromatic N) is 3. The van der Waals surface area contributed by atoms with E-state index in [0.29, 0.717) is 5.17 Å². The zero-order valence-electron chi connectivity index (χ0n) is 6.72. The van der Waals surface area contributed by atoms with Crippen LogP contribution in [0.25, 0.3) is 0 Å². The molecule has 0 saturated heterocycles. The number of fused-ring (bicyclic) bond motifs is 1. The first-order valence-electron chi connectivity index (χ1n) is 3.62. The summed E-state index contributed by atoms with van der Waals surface area (Å²) in [4.78, 5) is 8.12. The number of hydrazone groups is 1. The summed E-state index contributed by atoms with van der Waals surface area (Å²) in [7, 11) is 0. The molecule has 0 aromatic rings. The van der Waals surface area contributed by atoms with Crippen molar-refractivity contribution >= 4 is 17.3 Å². The van der Waals surface area contributed by atoms with E-state index in [1.165, 1.54) is 18.2 Å². The highest BCUT2D eigenvalue weighted by Gasteiger charge is 2.50. The van der Waals surface area contributed by atoms with Crippen LogP contribution in [0.15, 0.2) is 29.0 Å². The molecular weight excluding hydrogens is 212 g/mol. The van der Waals surface area contributed by atoms with Gasteiger partial charge in [-0.3, -0.25) is 15.3 Å². The molecule has 14 heavy (non-hydrogen) atoms. The molecule has 0 bridgehead atoms. The van der Waals surface area contributed by atoms with E-state index in [0.717, 1.165) is 0 Å². The zero-order chi connectivity index (χ0) is 10.3. The van der Waals surface area contributed by atoms with Gasteiger partial charge in [0.1, 0.15) is 5.70 Å². The number of hydroxylamine groups is 1. The summed E-state index contributed by atoms with van der Waals surface area (Å²) in [5.41, 5.74) is 2.28. The predicted molar refractivity (Wildman–Crippen MR) is 47.0 cm³/mol. The number of allylic oxidation sites excluding steroid dienone is 2. The van der Waals surface area contributed by atoms with Gasteiger partial charge in [0, 0.05) is 6.08 Å². The lowest BCUT2D eigenvalue weighted by atomic mass is 10.0. The lowest BCUT2D eigenvalue weighted by molar-refractivity contribution is -0.507. The summed E-state index contributed by atoms with van der Waals surface area (Å²) < 4.78 is 0. The van der Waals surface area contributed by atoms with Crippen LogP contribution in [-0.4, -0.2) is 26.0 Å². The fraction of sp³-hybridized carbons (Fsp3) is 0.167. The third kappa shape index (κ3) is 0.994. The van der Waals surface area contributed by atoms with Gasteiger partial charge in [0.2, 0.25) is 0 Å².